The fourth-order valence-electron chi connectivity index (χ4n) is 2.02. The average Bonchev–Trinajstić information content (AvgIpc) is 3.20. The fraction of sp³-hybridized carbons (Fsp3) is 0.500. The minimum absolute atomic E-state index is 0.0512. The number of nitrogens with one attached hydrogen (secondary N) is 1. The lowest BCUT2D eigenvalue weighted by Crippen LogP contribution is -2.38. The lowest BCUT2D eigenvalue weighted by molar-refractivity contribution is -0.119. The molecule has 2 rings (SSSR count). The molecule has 1 aromatic rings. The summed E-state index contributed by atoms with van der Waals surface area (Å²) in [6.45, 7) is 0.139. The highest BCUT2D eigenvalue weighted by Crippen LogP contribution is 2.34. The highest BCUT2D eigenvalue weighted by atomic mass is 79.9. The third-order valence-electron chi connectivity index (χ3n) is 3.14. The van der Waals surface area contributed by atoms with E-state index >= 15 is 0 Å². The van der Waals surface area contributed by atoms with Crippen LogP contribution < -0.4 is 5.32 Å². The Kier molecular flexibility index (Phi) is 5.73. The number of amides is 1. The summed E-state index contributed by atoms with van der Waals surface area (Å²) in [5, 5.41) is 12.0. The van der Waals surface area contributed by atoms with Gasteiger partial charge in [-0.2, -0.15) is 0 Å². The van der Waals surface area contributed by atoms with Crippen molar-refractivity contribution in [2.45, 2.75) is 30.2 Å². The first-order valence-electron chi connectivity index (χ1n) is 6.47. The van der Waals surface area contributed by atoms with Gasteiger partial charge in [-0.05, 0) is 43.4 Å². The van der Waals surface area contributed by atoms with Crippen molar-refractivity contribution in [1.82, 2.24) is 5.32 Å². The van der Waals surface area contributed by atoms with Crippen molar-refractivity contribution in [3.8, 4) is 0 Å². The minimum Gasteiger partial charge on any atom is -0.396 e. The molecule has 104 valence electrons. The number of aliphatic hydroxyl groups is 1. The number of aliphatic hydroxyl groups excluding tert-OH is 1. The molecule has 19 heavy (non-hydrogen) atoms. The number of hydrogen-bond donors (Lipinski definition) is 2. The zero-order chi connectivity index (χ0) is 13.7. The van der Waals surface area contributed by atoms with Crippen LogP contribution in [0.15, 0.2) is 33.6 Å². The van der Waals surface area contributed by atoms with Crippen molar-refractivity contribution in [3.63, 3.8) is 0 Å². The smallest absolute Gasteiger partial charge is 0.230 e. The number of hydrogen-bond acceptors (Lipinski definition) is 3. The number of rotatable bonds is 7. The second-order valence-corrected chi connectivity index (χ2v) is 6.73. The Bertz CT molecular complexity index is 437. The van der Waals surface area contributed by atoms with Gasteiger partial charge in [0, 0.05) is 22.0 Å². The van der Waals surface area contributed by atoms with Crippen LogP contribution in [-0.2, 0) is 4.79 Å². The summed E-state index contributed by atoms with van der Waals surface area (Å²) in [6.07, 6.45) is 3.01. The van der Waals surface area contributed by atoms with Crippen LogP contribution >= 0.6 is 27.7 Å². The molecule has 0 saturated heterocycles. The molecule has 1 aliphatic carbocycles. The van der Waals surface area contributed by atoms with E-state index in [1.807, 2.05) is 24.3 Å². The number of benzene rings is 1. The standard InChI is InChI=1S/C14H18BrNO2S/c15-11-2-1-3-12(8-11)19-9-14(18)16-13(6-7-17)10-4-5-10/h1-3,8,10,13,17H,4-7,9H2,(H,16,18). The van der Waals surface area contributed by atoms with Crippen LogP contribution in [0.25, 0.3) is 0 Å². The van der Waals surface area contributed by atoms with Gasteiger partial charge in [-0.1, -0.05) is 22.0 Å². The number of carbonyl (C=O) groups excluding carboxylic acids is 1. The molecular weight excluding hydrogens is 326 g/mol. The quantitative estimate of drug-likeness (QED) is 0.748. The van der Waals surface area contributed by atoms with Gasteiger partial charge in [0.05, 0.1) is 5.75 Å². The maximum Gasteiger partial charge on any atom is 0.230 e. The van der Waals surface area contributed by atoms with Crippen LogP contribution in [0.4, 0.5) is 0 Å². The van der Waals surface area contributed by atoms with E-state index in [9.17, 15) is 4.79 Å². The van der Waals surface area contributed by atoms with Crippen molar-refractivity contribution >= 4 is 33.6 Å². The van der Waals surface area contributed by atoms with Crippen LogP contribution in [0, 0.1) is 5.92 Å². The lowest BCUT2D eigenvalue weighted by Gasteiger charge is -2.16. The van der Waals surface area contributed by atoms with Crippen molar-refractivity contribution in [3.05, 3.63) is 28.7 Å². The second-order valence-electron chi connectivity index (χ2n) is 4.77. The van der Waals surface area contributed by atoms with Gasteiger partial charge in [-0.25, -0.2) is 0 Å². The molecule has 1 unspecified atom stereocenters. The Morgan fingerprint density at radius 2 is 2.32 bits per heavy atom. The van der Waals surface area contributed by atoms with Crippen LogP contribution in [-0.4, -0.2) is 29.4 Å². The monoisotopic (exact) mass is 343 g/mol. The van der Waals surface area contributed by atoms with Gasteiger partial charge in [-0.3, -0.25) is 4.79 Å². The molecule has 1 saturated carbocycles. The van der Waals surface area contributed by atoms with Crippen LogP contribution in [0.2, 0.25) is 0 Å². The lowest BCUT2D eigenvalue weighted by atomic mass is 10.1. The summed E-state index contributed by atoms with van der Waals surface area (Å²) < 4.78 is 1.02. The van der Waals surface area contributed by atoms with E-state index in [0.29, 0.717) is 18.1 Å². The van der Waals surface area contributed by atoms with Crippen molar-refractivity contribution in [1.29, 1.82) is 0 Å². The second kappa shape index (κ2) is 7.31. The highest BCUT2D eigenvalue weighted by Gasteiger charge is 2.31. The topological polar surface area (TPSA) is 49.3 Å². The molecule has 1 atom stereocenters. The molecule has 0 aromatic heterocycles. The van der Waals surface area contributed by atoms with E-state index in [-0.39, 0.29) is 18.6 Å². The Labute approximate surface area is 126 Å². The number of carbonyl (C=O) groups is 1. The highest BCUT2D eigenvalue weighted by molar-refractivity contribution is 9.10. The van der Waals surface area contributed by atoms with E-state index < -0.39 is 0 Å². The maximum absolute atomic E-state index is 11.9. The first kappa shape index (κ1) is 14.9. The number of thioether (sulfide) groups is 1. The van der Waals surface area contributed by atoms with Gasteiger partial charge in [0.15, 0.2) is 0 Å². The molecule has 0 radical (unpaired) electrons. The molecule has 1 aromatic carbocycles. The maximum atomic E-state index is 11.9. The molecule has 3 nitrogen and oxygen atoms in total. The summed E-state index contributed by atoms with van der Waals surface area (Å²) >= 11 is 4.95. The summed E-state index contributed by atoms with van der Waals surface area (Å²) in [7, 11) is 0. The van der Waals surface area contributed by atoms with Gasteiger partial charge >= 0.3 is 0 Å². The molecule has 2 N–H and O–H groups in total. The molecule has 0 heterocycles. The largest absolute Gasteiger partial charge is 0.396 e. The molecule has 0 bridgehead atoms. The zero-order valence-electron chi connectivity index (χ0n) is 10.6. The Hall–Kier alpha value is -0.520. The normalized spacial score (nSPS) is 16.1. The molecule has 1 aliphatic rings. The van der Waals surface area contributed by atoms with Crippen molar-refractivity contribution in [2.24, 2.45) is 5.92 Å². The molecule has 5 heteroatoms. The summed E-state index contributed by atoms with van der Waals surface area (Å²) in [5.41, 5.74) is 0. The van der Waals surface area contributed by atoms with Gasteiger partial charge in [-0.15, -0.1) is 11.8 Å². The Morgan fingerprint density at radius 1 is 1.53 bits per heavy atom. The summed E-state index contributed by atoms with van der Waals surface area (Å²) in [6, 6.07) is 8.08. The van der Waals surface area contributed by atoms with E-state index in [0.717, 1.165) is 9.37 Å². The fourth-order valence-corrected chi connectivity index (χ4v) is 3.33. The predicted octanol–water partition coefficient (Wildman–Crippen LogP) is 2.82. The SMILES string of the molecule is O=C(CSc1cccc(Br)c1)NC(CCO)C1CC1. The van der Waals surface area contributed by atoms with Gasteiger partial charge in [0.25, 0.3) is 0 Å². The van der Waals surface area contributed by atoms with E-state index in [1.54, 1.807) is 0 Å². The number of halogens is 1. The summed E-state index contributed by atoms with van der Waals surface area (Å²) in [5.74, 6) is 1.05. The van der Waals surface area contributed by atoms with Crippen LogP contribution in [0.1, 0.15) is 19.3 Å². The molecular formula is C14H18BrNO2S. The molecule has 1 fully saturated rings. The Morgan fingerprint density at radius 3 is 2.95 bits per heavy atom. The molecule has 0 aliphatic heterocycles. The first-order valence-corrected chi connectivity index (χ1v) is 8.25. The van der Waals surface area contributed by atoms with Crippen LogP contribution in [0.3, 0.4) is 0 Å². The van der Waals surface area contributed by atoms with E-state index in [1.165, 1.54) is 24.6 Å². The summed E-state index contributed by atoms with van der Waals surface area (Å²) in [4.78, 5) is 13.0. The molecule has 1 amide bonds. The third-order valence-corrected chi connectivity index (χ3v) is 4.63. The van der Waals surface area contributed by atoms with E-state index in [4.69, 9.17) is 5.11 Å². The van der Waals surface area contributed by atoms with Gasteiger partial charge in [0.2, 0.25) is 5.91 Å². The van der Waals surface area contributed by atoms with Crippen molar-refractivity contribution in [2.75, 3.05) is 12.4 Å². The van der Waals surface area contributed by atoms with E-state index in [2.05, 4.69) is 21.2 Å². The average molecular weight is 344 g/mol. The third kappa shape index (κ3) is 5.16. The first-order chi connectivity index (χ1) is 9.19. The predicted molar refractivity (Wildman–Crippen MR) is 81.2 cm³/mol. The van der Waals surface area contributed by atoms with Crippen molar-refractivity contribution < 1.29 is 9.90 Å². The van der Waals surface area contributed by atoms with Crippen LogP contribution in [0.5, 0.6) is 0 Å². The molecule has 0 spiro atoms. The van der Waals surface area contributed by atoms with Gasteiger partial charge in [0.1, 0.15) is 0 Å². The zero-order valence-corrected chi connectivity index (χ0v) is 13.0. The minimum atomic E-state index is 0.0512. The Balaban J connectivity index is 1.77. The van der Waals surface area contributed by atoms with Gasteiger partial charge < -0.3 is 10.4 Å².